The van der Waals surface area contributed by atoms with Crippen molar-refractivity contribution in [3.05, 3.63) is 83.9 Å². The fraction of sp³-hybridized carbons (Fsp3) is 0.259. The van der Waals surface area contributed by atoms with Crippen LogP contribution in [0.25, 0.3) is 22.2 Å². The Morgan fingerprint density at radius 3 is 2.58 bits per heavy atom. The molecule has 0 aliphatic heterocycles. The molecule has 186 valence electrons. The smallest absolute Gasteiger partial charge is 0.408 e. The molecule has 1 aliphatic carbocycles. The van der Waals surface area contributed by atoms with Gasteiger partial charge in [-0.3, -0.25) is 4.98 Å². The molecule has 7 nitrogen and oxygen atoms in total. The lowest BCUT2D eigenvalue weighted by molar-refractivity contribution is 0.0503. The van der Waals surface area contributed by atoms with Crippen LogP contribution in [0.4, 0.5) is 9.18 Å². The summed E-state index contributed by atoms with van der Waals surface area (Å²) in [6, 6.07) is 14.5. The Hall–Kier alpha value is -3.72. The van der Waals surface area contributed by atoms with Gasteiger partial charge in [0.25, 0.3) is 10.0 Å². The Morgan fingerprint density at radius 2 is 1.89 bits per heavy atom. The van der Waals surface area contributed by atoms with Crippen molar-refractivity contribution in [2.24, 2.45) is 0 Å². The van der Waals surface area contributed by atoms with E-state index in [0.717, 1.165) is 17.3 Å². The molecule has 2 aromatic heterocycles. The Kier molecular flexibility index (Phi) is 5.83. The fourth-order valence-electron chi connectivity index (χ4n) is 4.71. The zero-order chi connectivity index (χ0) is 25.7. The number of nitrogens with zero attached hydrogens (tertiary/aromatic N) is 2. The Bertz CT molecular complexity index is 1570. The average molecular weight is 508 g/mol. The van der Waals surface area contributed by atoms with Crippen molar-refractivity contribution in [1.29, 1.82) is 0 Å². The van der Waals surface area contributed by atoms with Crippen LogP contribution in [-0.4, -0.2) is 29.1 Å². The predicted molar refractivity (Wildman–Crippen MR) is 135 cm³/mol. The molecule has 36 heavy (non-hydrogen) atoms. The van der Waals surface area contributed by atoms with Gasteiger partial charge in [-0.15, -0.1) is 0 Å². The van der Waals surface area contributed by atoms with Gasteiger partial charge in [0.15, 0.2) is 5.82 Å². The molecule has 0 unspecified atom stereocenters. The van der Waals surface area contributed by atoms with E-state index in [1.807, 2.05) is 6.07 Å². The van der Waals surface area contributed by atoms with Gasteiger partial charge >= 0.3 is 6.09 Å². The molecule has 5 rings (SSSR count). The first-order valence-electron chi connectivity index (χ1n) is 11.6. The van der Waals surface area contributed by atoms with Gasteiger partial charge in [-0.2, -0.15) is 0 Å². The summed E-state index contributed by atoms with van der Waals surface area (Å²) in [5, 5.41) is 3.62. The van der Waals surface area contributed by atoms with E-state index >= 15 is 0 Å². The van der Waals surface area contributed by atoms with E-state index in [1.54, 1.807) is 51.1 Å². The van der Waals surface area contributed by atoms with Gasteiger partial charge in [-0.25, -0.2) is 21.6 Å². The standard InChI is InChI=1S/C27H26FN3O4S/c1-27(2,3)35-26(32)30-23-11-9-18-19(23)10-12-24-21(18)15-25(20-13-14-29-16-22(20)28)31(24)36(33,34)17-7-5-4-6-8-17/h4-8,10,12-16,23H,9,11H2,1-3H3,(H,30,32)/t23-/m1/s1. The number of fused-ring (bicyclic) bond motifs is 3. The largest absolute Gasteiger partial charge is 0.444 e. The number of pyridine rings is 1. The topological polar surface area (TPSA) is 90.3 Å². The molecule has 0 radical (unpaired) electrons. The van der Waals surface area contributed by atoms with E-state index < -0.39 is 27.5 Å². The number of hydrogen-bond donors (Lipinski definition) is 1. The summed E-state index contributed by atoms with van der Waals surface area (Å²) in [6.07, 6.45) is 3.26. The third-order valence-electron chi connectivity index (χ3n) is 6.17. The van der Waals surface area contributed by atoms with Gasteiger partial charge in [0, 0.05) is 17.1 Å². The average Bonchev–Trinajstić information content (AvgIpc) is 3.40. The number of aromatic nitrogens is 2. The monoisotopic (exact) mass is 507 g/mol. The molecule has 0 spiro atoms. The Morgan fingerprint density at radius 1 is 1.14 bits per heavy atom. The van der Waals surface area contributed by atoms with E-state index in [9.17, 15) is 17.6 Å². The summed E-state index contributed by atoms with van der Waals surface area (Å²) >= 11 is 0. The minimum Gasteiger partial charge on any atom is -0.444 e. The molecule has 1 atom stereocenters. The summed E-state index contributed by atoms with van der Waals surface area (Å²) in [4.78, 5) is 16.3. The molecule has 1 aliphatic rings. The van der Waals surface area contributed by atoms with Crippen LogP contribution in [0.15, 0.2) is 71.9 Å². The summed E-state index contributed by atoms with van der Waals surface area (Å²) in [5.41, 5.74) is 1.99. The highest BCUT2D eigenvalue weighted by Crippen LogP contribution is 2.41. The van der Waals surface area contributed by atoms with Crippen molar-refractivity contribution in [3.63, 3.8) is 0 Å². The second-order valence-corrected chi connectivity index (χ2v) is 11.6. The normalized spacial score (nSPS) is 15.6. The SMILES string of the molecule is CC(C)(C)OC(=O)N[C@@H]1CCc2c1ccc1c2cc(-c2ccncc2F)n1S(=O)(=O)c1ccccc1. The molecule has 0 bridgehead atoms. The number of hydrogen-bond acceptors (Lipinski definition) is 5. The number of rotatable bonds is 4. The molecule has 2 aromatic carbocycles. The number of benzene rings is 2. The van der Waals surface area contributed by atoms with Crippen molar-refractivity contribution < 1.29 is 22.3 Å². The third kappa shape index (κ3) is 4.24. The lowest BCUT2D eigenvalue weighted by atomic mass is 10.0. The van der Waals surface area contributed by atoms with E-state index in [0.29, 0.717) is 23.7 Å². The van der Waals surface area contributed by atoms with Gasteiger partial charge < -0.3 is 10.1 Å². The molecule has 9 heteroatoms. The Balaban J connectivity index is 1.68. The van der Waals surface area contributed by atoms with Gasteiger partial charge in [-0.1, -0.05) is 24.3 Å². The highest BCUT2D eigenvalue weighted by atomic mass is 32.2. The fourth-order valence-corrected chi connectivity index (χ4v) is 6.25. The van der Waals surface area contributed by atoms with E-state index in [2.05, 4.69) is 10.3 Å². The zero-order valence-electron chi connectivity index (χ0n) is 20.2. The molecule has 0 saturated carbocycles. The van der Waals surface area contributed by atoms with Gasteiger partial charge in [0.1, 0.15) is 5.60 Å². The minimum absolute atomic E-state index is 0.100. The summed E-state index contributed by atoms with van der Waals surface area (Å²) in [5.74, 6) is -0.620. The number of nitrogens with one attached hydrogen (secondary N) is 1. The number of alkyl carbamates (subject to hydrolysis) is 1. The maximum Gasteiger partial charge on any atom is 0.408 e. The van der Waals surface area contributed by atoms with Crippen molar-refractivity contribution in [2.45, 2.75) is 50.2 Å². The van der Waals surface area contributed by atoms with Crippen LogP contribution in [0, 0.1) is 5.82 Å². The number of halogens is 1. The minimum atomic E-state index is -4.05. The molecule has 4 aromatic rings. The van der Waals surface area contributed by atoms with Crippen molar-refractivity contribution >= 4 is 27.0 Å². The van der Waals surface area contributed by atoms with Crippen LogP contribution in [0.3, 0.4) is 0 Å². The van der Waals surface area contributed by atoms with Crippen LogP contribution in [0.1, 0.15) is 44.4 Å². The second-order valence-electron chi connectivity index (χ2n) is 9.77. The molecule has 0 fully saturated rings. The third-order valence-corrected chi connectivity index (χ3v) is 7.91. The first-order valence-corrected chi connectivity index (χ1v) is 13.1. The van der Waals surface area contributed by atoms with Gasteiger partial charge in [0.05, 0.1) is 28.3 Å². The van der Waals surface area contributed by atoms with Crippen LogP contribution in [-0.2, 0) is 21.2 Å². The van der Waals surface area contributed by atoms with Gasteiger partial charge in [0.2, 0.25) is 0 Å². The predicted octanol–water partition coefficient (Wildman–Crippen LogP) is 5.59. The van der Waals surface area contributed by atoms with E-state index in [4.69, 9.17) is 4.74 Å². The van der Waals surface area contributed by atoms with Crippen LogP contribution in [0.2, 0.25) is 0 Å². The summed E-state index contributed by atoms with van der Waals surface area (Å²) in [7, 11) is -4.05. The maximum absolute atomic E-state index is 14.9. The molecule has 2 heterocycles. The number of ether oxygens (including phenoxy) is 1. The lowest BCUT2D eigenvalue weighted by Gasteiger charge is -2.22. The molecule has 0 saturated heterocycles. The molecule has 1 amide bonds. The van der Waals surface area contributed by atoms with Crippen LogP contribution in [0.5, 0.6) is 0 Å². The first kappa shape index (κ1) is 24.0. The zero-order valence-corrected chi connectivity index (χ0v) is 21.0. The second kappa shape index (κ2) is 8.74. The molecular weight excluding hydrogens is 481 g/mol. The lowest BCUT2D eigenvalue weighted by Crippen LogP contribution is -2.34. The molecule has 1 N–H and O–H groups in total. The highest BCUT2D eigenvalue weighted by molar-refractivity contribution is 7.90. The van der Waals surface area contributed by atoms with Crippen LogP contribution >= 0.6 is 0 Å². The van der Waals surface area contributed by atoms with E-state index in [-0.39, 0.29) is 22.2 Å². The molecular formula is C27H26FN3O4S. The van der Waals surface area contributed by atoms with E-state index in [1.165, 1.54) is 28.4 Å². The maximum atomic E-state index is 14.9. The number of carbonyl (C=O) groups is 1. The first-order chi connectivity index (χ1) is 17.1. The number of aryl methyl sites for hydroxylation is 1. The summed E-state index contributed by atoms with van der Waals surface area (Å²) < 4.78 is 49.1. The van der Waals surface area contributed by atoms with Crippen LogP contribution < -0.4 is 5.32 Å². The van der Waals surface area contributed by atoms with Gasteiger partial charge in [-0.05, 0) is 75.1 Å². The number of carbonyl (C=O) groups excluding carboxylic acids is 1. The van der Waals surface area contributed by atoms with Crippen molar-refractivity contribution in [3.8, 4) is 11.3 Å². The van der Waals surface area contributed by atoms with Crippen molar-refractivity contribution in [1.82, 2.24) is 14.3 Å². The summed E-state index contributed by atoms with van der Waals surface area (Å²) in [6.45, 7) is 5.40. The number of amides is 1. The van der Waals surface area contributed by atoms with Crippen molar-refractivity contribution in [2.75, 3.05) is 0 Å². The highest BCUT2D eigenvalue weighted by Gasteiger charge is 2.31. The quantitative estimate of drug-likeness (QED) is 0.389. The Labute approximate surface area is 209 Å².